The Hall–Kier alpha value is -2.01. The van der Waals surface area contributed by atoms with E-state index in [0.717, 1.165) is 5.56 Å². The van der Waals surface area contributed by atoms with Crippen LogP contribution in [0.5, 0.6) is 0 Å². The third-order valence-electron chi connectivity index (χ3n) is 2.32. The molecule has 1 aromatic heterocycles. The second-order valence-electron chi connectivity index (χ2n) is 3.67. The number of nitrogens with zero attached hydrogens (tertiary/aromatic N) is 2. The second kappa shape index (κ2) is 5.55. The maximum Gasteiger partial charge on any atom is 0.411 e. The summed E-state index contributed by atoms with van der Waals surface area (Å²) in [5.41, 5.74) is 1.67. The molecule has 0 saturated carbocycles. The summed E-state index contributed by atoms with van der Waals surface area (Å²) >= 11 is 5.81. The molecule has 0 bridgehead atoms. The number of aromatic nitrogens is 2. The van der Waals surface area contributed by atoms with E-state index >= 15 is 0 Å². The highest BCUT2D eigenvalue weighted by atomic mass is 35.5. The average Bonchev–Trinajstić information content (AvgIpc) is 2.79. The zero-order valence-electron chi connectivity index (χ0n) is 9.76. The molecule has 0 spiro atoms. The summed E-state index contributed by atoms with van der Waals surface area (Å²) < 4.78 is 6.21. The Labute approximate surface area is 109 Å². The summed E-state index contributed by atoms with van der Waals surface area (Å²) in [5.74, 6) is 0. The Bertz CT molecular complexity index is 537. The van der Waals surface area contributed by atoms with Gasteiger partial charge in [-0.25, -0.2) is 4.79 Å². The lowest BCUT2D eigenvalue weighted by atomic mass is 10.2. The standard InChI is InChI=1S/C12H12ClN3O2/c1-18-12(17)15-11-6-14-16(8-11)7-9-2-4-10(13)5-3-9/h2-6,8H,7H2,1H3,(H,15,17). The van der Waals surface area contributed by atoms with Gasteiger partial charge < -0.3 is 4.74 Å². The molecule has 0 radical (unpaired) electrons. The smallest absolute Gasteiger partial charge is 0.411 e. The molecular formula is C12H12ClN3O2. The van der Waals surface area contributed by atoms with Crippen molar-refractivity contribution in [3.05, 3.63) is 47.2 Å². The van der Waals surface area contributed by atoms with Crippen molar-refractivity contribution in [1.82, 2.24) is 9.78 Å². The van der Waals surface area contributed by atoms with Crippen molar-refractivity contribution < 1.29 is 9.53 Å². The molecule has 0 fully saturated rings. The lowest BCUT2D eigenvalue weighted by molar-refractivity contribution is 0.187. The summed E-state index contributed by atoms with van der Waals surface area (Å²) in [6, 6.07) is 7.51. The monoisotopic (exact) mass is 265 g/mol. The fourth-order valence-electron chi connectivity index (χ4n) is 1.46. The number of methoxy groups -OCH3 is 1. The number of carbonyl (C=O) groups is 1. The quantitative estimate of drug-likeness (QED) is 0.928. The van der Waals surface area contributed by atoms with E-state index in [0.29, 0.717) is 17.3 Å². The predicted octanol–water partition coefficient (Wildman–Crippen LogP) is 2.76. The fourth-order valence-corrected chi connectivity index (χ4v) is 1.59. The summed E-state index contributed by atoms with van der Waals surface area (Å²) in [6.45, 7) is 0.611. The van der Waals surface area contributed by atoms with Gasteiger partial charge >= 0.3 is 6.09 Å². The Morgan fingerprint density at radius 2 is 2.17 bits per heavy atom. The van der Waals surface area contributed by atoms with Crippen molar-refractivity contribution in [2.45, 2.75) is 6.54 Å². The van der Waals surface area contributed by atoms with Gasteiger partial charge in [0, 0.05) is 11.2 Å². The zero-order chi connectivity index (χ0) is 13.0. The Morgan fingerprint density at radius 3 is 2.83 bits per heavy atom. The van der Waals surface area contributed by atoms with Gasteiger partial charge in [0.05, 0.1) is 25.5 Å². The third kappa shape index (κ3) is 3.24. The molecular weight excluding hydrogens is 254 g/mol. The van der Waals surface area contributed by atoms with Crippen LogP contribution in [0.1, 0.15) is 5.56 Å². The van der Waals surface area contributed by atoms with Crippen LogP contribution in [-0.4, -0.2) is 23.0 Å². The molecule has 0 unspecified atom stereocenters. The molecule has 94 valence electrons. The van der Waals surface area contributed by atoms with Gasteiger partial charge in [-0.15, -0.1) is 0 Å². The first kappa shape index (κ1) is 12.4. The molecule has 1 heterocycles. The molecule has 1 aromatic carbocycles. The van der Waals surface area contributed by atoms with Crippen LogP contribution in [-0.2, 0) is 11.3 Å². The van der Waals surface area contributed by atoms with Crippen LogP contribution < -0.4 is 5.32 Å². The van der Waals surface area contributed by atoms with Gasteiger partial charge in [0.15, 0.2) is 0 Å². The molecule has 0 aliphatic carbocycles. The molecule has 6 heteroatoms. The largest absolute Gasteiger partial charge is 0.453 e. The predicted molar refractivity (Wildman–Crippen MR) is 68.8 cm³/mol. The van der Waals surface area contributed by atoms with Crippen LogP contribution in [0.3, 0.4) is 0 Å². The highest BCUT2D eigenvalue weighted by molar-refractivity contribution is 6.30. The van der Waals surface area contributed by atoms with E-state index in [-0.39, 0.29) is 0 Å². The van der Waals surface area contributed by atoms with Crippen molar-refractivity contribution in [1.29, 1.82) is 0 Å². The second-order valence-corrected chi connectivity index (χ2v) is 4.11. The lowest BCUT2D eigenvalue weighted by Gasteiger charge is -2.02. The Morgan fingerprint density at radius 1 is 1.44 bits per heavy atom. The average molecular weight is 266 g/mol. The molecule has 5 nitrogen and oxygen atoms in total. The minimum Gasteiger partial charge on any atom is -0.453 e. The number of hydrogen-bond acceptors (Lipinski definition) is 3. The first-order valence-corrected chi connectivity index (χ1v) is 5.67. The number of hydrogen-bond donors (Lipinski definition) is 1. The Balaban J connectivity index is 2.02. The first-order valence-electron chi connectivity index (χ1n) is 5.29. The summed E-state index contributed by atoms with van der Waals surface area (Å²) in [7, 11) is 1.31. The molecule has 2 aromatic rings. The number of amides is 1. The number of ether oxygens (including phenoxy) is 1. The van der Waals surface area contributed by atoms with E-state index in [1.165, 1.54) is 7.11 Å². The summed E-state index contributed by atoms with van der Waals surface area (Å²) in [5, 5.41) is 7.38. The van der Waals surface area contributed by atoms with E-state index in [1.807, 2.05) is 24.3 Å². The van der Waals surface area contributed by atoms with E-state index in [9.17, 15) is 4.79 Å². The van der Waals surface area contributed by atoms with Gasteiger partial charge in [-0.3, -0.25) is 10.00 Å². The van der Waals surface area contributed by atoms with E-state index in [2.05, 4.69) is 15.2 Å². The highest BCUT2D eigenvalue weighted by Crippen LogP contribution is 2.12. The molecule has 0 aliphatic rings. The minimum absolute atomic E-state index is 0.513. The number of carbonyl (C=O) groups excluding carboxylic acids is 1. The topological polar surface area (TPSA) is 56.1 Å². The van der Waals surface area contributed by atoms with Crippen molar-refractivity contribution in [2.24, 2.45) is 0 Å². The van der Waals surface area contributed by atoms with Crippen molar-refractivity contribution >= 4 is 23.4 Å². The number of anilines is 1. The highest BCUT2D eigenvalue weighted by Gasteiger charge is 2.03. The van der Waals surface area contributed by atoms with Gasteiger partial charge in [0.1, 0.15) is 0 Å². The molecule has 18 heavy (non-hydrogen) atoms. The maximum absolute atomic E-state index is 11.0. The Kier molecular flexibility index (Phi) is 3.84. The van der Waals surface area contributed by atoms with Gasteiger partial charge in [0.25, 0.3) is 0 Å². The summed E-state index contributed by atoms with van der Waals surface area (Å²) in [4.78, 5) is 11.0. The SMILES string of the molecule is COC(=O)Nc1cnn(Cc2ccc(Cl)cc2)c1. The number of rotatable bonds is 3. The van der Waals surface area contributed by atoms with Crippen LogP contribution in [0.25, 0.3) is 0 Å². The molecule has 1 amide bonds. The van der Waals surface area contributed by atoms with E-state index in [4.69, 9.17) is 11.6 Å². The van der Waals surface area contributed by atoms with E-state index in [1.54, 1.807) is 17.1 Å². The lowest BCUT2D eigenvalue weighted by Crippen LogP contribution is -2.10. The van der Waals surface area contributed by atoms with Crippen LogP contribution >= 0.6 is 11.6 Å². The van der Waals surface area contributed by atoms with Gasteiger partial charge in [0.2, 0.25) is 0 Å². The van der Waals surface area contributed by atoms with Crippen LogP contribution in [0, 0.1) is 0 Å². The van der Waals surface area contributed by atoms with Crippen LogP contribution in [0.2, 0.25) is 5.02 Å². The number of benzene rings is 1. The normalized spacial score (nSPS) is 10.1. The number of halogens is 1. The maximum atomic E-state index is 11.0. The van der Waals surface area contributed by atoms with Crippen LogP contribution in [0.4, 0.5) is 10.5 Å². The van der Waals surface area contributed by atoms with Crippen molar-refractivity contribution in [3.8, 4) is 0 Å². The van der Waals surface area contributed by atoms with Gasteiger partial charge in [-0.2, -0.15) is 5.10 Å². The molecule has 0 atom stereocenters. The van der Waals surface area contributed by atoms with Crippen molar-refractivity contribution in [2.75, 3.05) is 12.4 Å². The molecule has 0 saturated heterocycles. The van der Waals surface area contributed by atoms with Crippen molar-refractivity contribution in [3.63, 3.8) is 0 Å². The molecule has 2 rings (SSSR count). The molecule has 0 aliphatic heterocycles. The van der Waals surface area contributed by atoms with E-state index < -0.39 is 6.09 Å². The summed E-state index contributed by atoms with van der Waals surface area (Å²) in [6.07, 6.45) is 2.78. The minimum atomic E-state index is -0.513. The number of nitrogens with one attached hydrogen (secondary N) is 1. The van der Waals surface area contributed by atoms with Crippen LogP contribution in [0.15, 0.2) is 36.7 Å². The van der Waals surface area contributed by atoms with Gasteiger partial charge in [-0.05, 0) is 17.7 Å². The first-order chi connectivity index (χ1) is 8.67. The van der Waals surface area contributed by atoms with Gasteiger partial charge in [-0.1, -0.05) is 23.7 Å². The third-order valence-corrected chi connectivity index (χ3v) is 2.57. The zero-order valence-corrected chi connectivity index (χ0v) is 10.5. The molecule has 1 N–H and O–H groups in total. The fraction of sp³-hybridized carbons (Fsp3) is 0.167.